The van der Waals surface area contributed by atoms with E-state index in [0.717, 1.165) is 10.3 Å². The van der Waals surface area contributed by atoms with Gasteiger partial charge in [0.2, 0.25) is 5.91 Å². The molecule has 1 amide bonds. The minimum Gasteiger partial charge on any atom is -0.349 e. The first-order chi connectivity index (χ1) is 12.5. The minimum absolute atomic E-state index is 0. The van der Waals surface area contributed by atoms with Gasteiger partial charge in [-0.3, -0.25) is 19.0 Å². The topological polar surface area (TPSA) is 83.6 Å². The number of aliphatic imine (C=N–C) groups is 1. The lowest BCUT2D eigenvalue weighted by Gasteiger charge is -2.35. The SMILES string of the molecule is CN=C(NCc1nccn1C(F)F)N1CCN(c2cnn(C)c2)C(=O)C1.I. The van der Waals surface area contributed by atoms with E-state index in [4.69, 9.17) is 0 Å². The summed E-state index contributed by atoms with van der Waals surface area (Å²) in [6, 6.07) is 0. The molecule has 0 unspecified atom stereocenters. The second-order valence-electron chi connectivity index (χ2n) is 5.77. The van der Waals surface area contributed by atoms with Crippen molar-refractivity contribution in [3.63, 3.8) is 0 Å². The van der Waals surface area contributed by atoms with Crippen LogP contribution >= 0.6 is 24.0 Å². The largest absolute Gasteiger partial charge is 0.349 e. The van der Waals surface area contributed by atoms with Crippen molar-refractivity contribution in [3.05, 3.63) is 30.6 Å². The molecule has 1 fully saturated rings. The van der Waals surface area contributed by atoms with Crippen LogP contribution in [0.25, 0.3) is 0 Å². The number of rotatable bonds is 4. The zero-order valence-electron chi connectivity index (χ0n) is 14.9. The summed E-state index contributed by atoms with van der Waals surface area (Å²) in [6.45, 7) is -1.39. The van der Waals surface area contributed by atoms with Crippen molar-refractivity contribution >= 4 is 41.5 Å². The number of piperazine rings is 1. The number of hydrogen-bond acceptors (Lipinski definition) is 4. The molecule has 0 spiro atoms. The third-order valence-electron chi connectivity index (χ3n) is 4.10. The Morgan fingerprint density at radius 3 is 2.78 bits per heavy atom. The van der Waals surface area contributed by atoms with Crippen molar-refractivity contribution in [2.24, 2.45) is 12.0 Å². The fourth-order valence-corrected chi connectivity index (χ4v) is 2.82. The highest BCUT2D eigenvalue weighted by Gasteiger charge is 2.27. The van der Waals surface area contributed by atoms with E-state index in [1.54, 1.807) is 41.0 Å². The Morgan fingerprint density at radius 1 is 1.41 bits per heavy atom. The van der Waals surface area contributed by atoms with E-state index in [2.05, 4.69) is 20.4 Å². The molecular weight excluding hydrogens is 473 g/mol. The molecule has 0 atom stereocenters. The van der Waals surface area contributed by atoms with Gasteiger partial charge >= 0.3 is 6.55 Å². The molecule has 0 aromatic carbocycles. The van der Waals surface area contributed by atoms with Crippen LogP contribution in [-0.4, -0.2) is 62.8 Å². The highest BCUT2D eigenvalue weighted by atomic mass is 127. The summed E-state index contributed by atoms with van der Waals surface area (Å²) >= 11 is 0. The average Bonchev–Trinajstić information content (AvgIpc) is 3.24. The van der Waals surface area contributed by atoms with E-state index >= 15 is 0 Å². The number of alkyl halides is 2. The van der Waals surface area contributed by atoms with Crippen molar-refractivity contribution in [2.75, 3.05) is 31.6 Å². The smallest absolute Gasteiger partial charge is 0.319 e. The lowest BCUT2D eigenvalue weighted by Crippen LogP contribution is -2.55. The molecule has 0 radical (unpaired) electrons. The maximum atomic E-state index is 12.9. The van der Waals surface area contributed by atoms with Crippen molar-refractivity contribution in [2.45, 2.75) is 13.1 Å². The van der Waals surface area contributed by atoms with Crippen LogP contribution in [-0.2, 0) is 18.4 Å². The van der Waals surface area contributed by atoms with E-state index in [0.29, 0.717) is 19.0 Å². The van der Waals surface area contributed by atoms with Crippen molar-refractivity contribution in [3.8, 4) is 0 Å². The number of amides is 1. The summed E-state index contributed by atoms with van der Waals surface area (Å²) in [7, 11) is 3.37. The van der Waals surface area contributed by atoms with Crippen LogP contribution in [0.3, 0.4) is 0 Å². The Balaban J connectivity index is 0.00000261. The molecule has 12 heteroatoms. The Kier molecular flexibility index (Phi) is 7.10. The lowest BCUT2D eigenvalue weighted by molar-refractivity contribution is -0.120. The van der Waals surface area contributed by atoms with Gasteiger partial charge < -0.3 is 15.1 Å². The predicted molar refractivity (Wildman–Crippen MR) is 106 cm³/mol. The summed E-state index contributed by atoms with van der Waals surface area (Å²) < 4.78 is 28.2. The first-order valence-electron chi connectivity index (χ1n) is 8.04. The Morgan fingerprint density at radius 2 is 2.19 bits per heavy atom. The van der Waals surface area contributed by atoms with Crippen LogP contribution < -0.4 is 10.2 Å². The predicted octanol–water partition coefficient (Wildman–Crippen LogP) is 1.05. The van der Waals surface area contributed by atoms with Gasteiger partial charge in [0.05, 0.1) is 18.4 Å². The zero-order chi connectivity index (χ0) is 18.7. The molecule has 1 aliphatic heterocycles. The number of nitrogens with zero attached hydrogens (tertiary/aromatic N) is 7. The number of carbonyl (C=O) groups is 1. The molecule has 0 aliphatic carbocycles. The van der Waals surface area contributed by atoms with Gasteiger partial charge in [0.1, 0.15) is 12.4 Å². The second-order valence-corrected chi connectivity index (χ2v) is 5.77. The van der Waals surface area contributed by atoms with Crippen LogP contribution in [0.4, 0.5) is 14.5 Å². The minimum atomic E-state index is -2.65. The summed E-state index contributed by atoms with van der Waals surface area (Å²) in [6.07, 6.45) is 5.97. The molecule has 9 nitrogen and oxygen atoms in total. The van der Waals surface area contributed by atoms with E-state index < -0.39 is 6.55 Å². The number of anilines is 1. The first kappa shape index (κ1) is 21.1. The molecule has 0 saturated carbocycles. The molecular formula is C15H21F2IN8O. The van der Waals surface area contributed by atoms with Crippen LogP contribution in [0.5, 0.6) is 0 Å². The van der Waals surface area contributed by atoms with Crippen LogP contribution in [0, 0.1) is 0 Å². The maximum absolute atomic E-state index is 12.9. The molecule has 148 valence electrons. The number of guanidine groups is 1. The molecule has 0 bridgehead atoms. The zero-order valence-corrected chi connectivity index (χ0v) is 17.2. The summed E-state index contributed by atoms with van der Waals surface area (Å²) in [5.41, 5.74) is 0.749. The number of nitrogens with one attached hydrogen (secondary N) is 1. The van der Waals surface area contributed by atoms with Crippen LogP contribution in [0.2, 0.25) is 0 Å². The third kappa shape index (κ3) is 4.73. The van der Waals surface area contributed by atoms with E-state index in [-0.39, 0.29) is 48.8 Å². The van der Waals surface area contributed by atoms with Crippen LogP contribution in [0.15, 0.2) is 29.8 Å². The van der Waals surface area contributed by atoms with Gasteiger partial charge in [-0.25, -0.2) is 4.98 Å². The molecule has 1 saturated heterocycles. The number of aromatic nitrogens is 4. The summed E-state index contributed by atoms with van der Waals surface area (Å²) in [4.78, 5) is 24.0. The molecule has 27 heavy (non-hydrogen) atoms. The third-order valence-corrected chi connectivity index (χ3v) is 4.10. The average molecular weight is 494 g/mol. The van der Waals surface area contributed by atoms with Gasteiger partial charge in [-0.1, -0.05) is 0 Å². The van der Waals surface area contributed by atoms with E-state index in [9.17, 15) is 13.6 Å². The highest BCUT2D eigenvalue weighted by molar-refractivity contribution is 14.0. The monoisotopic (exact) mass is 494 g/mol. The highest BCUT2D eigenvalue weighted by Crippen LogP contribution is 2.16. The molecule has 2 aromatic heterocycles. The van der Waals surface area contributed by atoms with E-state index in [1.807, 2.05) is 0 Å². The maximum Gasteiger partial charge on any atom is 0.319 e. The molecule has 1 aliphatic rings. The quantitative estimate of drug-likeness (QED) is 0.391. The van der Waals surface area contributed by atoms with Crippen LogP contribution in [0.1, 0.15) is 12.4 Å². The Labute approximate surface area is 172 Å². The van der Waals surface area contributed by atoms with Gasteiger partial charge in [-0.2, -0.15) is 13.9 Å². The number of aryl methyl sites for hydroxylation is 1. The Bertz CT molecular complexity index is 805. The lowest BCUT2D eigenvalue weighted by atomic mass is 10.3. The molecule has 3 rings (SSSR count). The van der Waals surface area contributed by atoms with Gasteiger partial charge in [-0.05, 0) is 0 Å². The number of carbonyl (C=O) groups excluding carboxylic acids is 1. The standard InChI is InChI=1S/C15H20F2N8O.HI/c1-18-15(20-8-12-19-3-4-25(12)14(16)17)23-5-6-24(13(26)10-23)11-7-21-22(2)9-11;/h3-4,7,9,14H,5-6,8,10H2,1-2H3,(H,18,20);1H. The molecule has 2 aromatic rings. The second kappa shape index (κ2) is 9.10. The number of imidazole rings is 1. The summed E-state index contributed by atoms with van der Waals surface area (Å²) in [5, 5.41) is 7.07. The molecule has 3 heterocycles. The first-order valence-corrected chi connectivity index (χ1v) is 8.04. The normalized spacial score (nSPS) is 15.3. The van der Waals surface area contributed by atoms with Crippen molar-refractivity contribution in [1.29, 1.82) is 0 Å². The van der Waals surface area contributed by atoms with Gasteiger partial charge in [0.15, 0.2) is 5.96 Å². The van der Waals surface area contributed by atoms with Crippen molar-refractivity contribution < 1.29 is 13.6 Å². The van der Waals surface area contributed by atoms with E-state index in [1.165, 1.54) is 12.4 Å². The van der Waals surface area contributed by atoms with Gasteiger partial charge in [-0.15, -0.1) is 24.0 Å². The van der Waals surface area contributed by atoms with Gasteiger partial charge in [0, 0.05) is 45.8 Å². The fourth-order valence-electron chi connectivity index (χ4n) is 2.82. The Hall–Kier alpha value is -2.25. The fraction of sp³-hybridized carbons (Fsp3) is 0.467. The number of hydrogen-bond donors (Lipinski definition) is 1. The molecule has 1 N–H and O–H groups in total. The summed E-state index contributed by atoms with van der Waals surface area (Å²) in [5.74, 6) is 0.579. The number of halogens is 3. The van der Waals surface area contributed by atoms with Crippen molar-refractivity contribution in [1.82, 2.24) is 29.5 Å². The van der Waals surface area contributed by atoms with Gasteiger partial charge in [0.25, 0.3) is 0 Å².